The molecule has 0 saturated carbocycles. The number of alkyl halides is 3. The number of benzene rings is 1. The molecule has 1 aromatic carbocycles. The second kappa shape index (κ2) is 6.02. The zero-order valence-electron chi connectivity index (χ0n) is 11.7. The molecule has 1 aromatic rings. The van der Waals surface area contributed by atoms with Gasteiger partial charge in [-0.15, -0.1) is 0 Å². The lowest BCUT2D eigenvalue weighted by atomic mass is 10.2. The molecule has 0 bridgehead atoms. The van der Waals surface area contributed by atoms with Crippen molar-refractivity contribution >= 4 is 15.9 Å². The highest BCUT2D eigenvalue weighted by molar-refractivity contribution is 7.89. The average molecular weight is 324 g/mol. The molecule has 9 heteroatoms. The summed E-state index contributed by atoms with van der Waals surface area (Å²) in [6.45, 7) is -0.393. The van der Waals surface area contributed by atoms with Crippen LogP contribution >= 0.6 is 0 Å². The summed E-state index contributed by atoms with van der Waals surface area (Å²) < 4.78 is 62.3. The lowest BCUT2D eigenvalue weighted by Gasteiger charge is -2.19. The first-order chi connectivity index (χ1) is 9.46. The van der Waals surface area contributed by atoms with Crippen molar-refractivity contribution in [1.82, 2.24) is 9.21 Å². The number of rotatable bonds is 4. The van der Waals surface area contributed by atoms with Gasteiger partial charge in [-0.05, 0) is 24.3 Å². The van der Waals surface area contributed by atoms with Crippen molar-refractivity contribution in [2.75, 3.05) is 27.7 Å². The molecule has 21 heavy (non-hydrogen) atoms. The van der Waals surface area contributed by atoms with E-state index >= 15 is 0 Å². The van der Waals surface area contributed by atoms with Gasteiger partial charge in [0.2, 0.25) is 15.9 Å². The molecule has 0 N–H and O–H groups in total. The highest BCUT2D eigenvalue weighted by atomic mass is 32.2. The molecule has 0 aliphatic heterocycles. The SMILES string of the molecule is CN(C)C(=O)CN(C)S(=O)(=O)c1ccc(C(F)(F)F)cc1. The van der Waals surface area contributed by atoms with Crippen molar-refractivity contribution in [1.29, 1.82) is 0 Å². The molecule has 0 atom stereocenters. The van der Waals surface area contributed by atoms with Crippen molar-refractivity contribution < 1.29 is 26.4 Å². The second-order valence-corrected chi connectivity index (χ2v) is 6.62. The van der Waals surface area contributed by atoms with Gasteiger partial charge in [0.15, 0.2) is 0 Å². The van der Waals surface area contributed by atoms with E-state index in [0.717, 1.165) is 16.4 Å². The largest absolute Gasteiger partial charge is 0.416 e. The van der Waals surface area contributed by atoms with E-state index in [4.69, 9.17) is 0 Å². The molecule has 1 rings (SSSR count). The number of likely N-dealkylation sites (N-methyl/N-ethyl adjacent to an activating group) is 2. The van der Waals surface area contributed by atoms with E-state index in [9.17, 15) is 26.4 Å². The van der Waals surface area contributed by atoms with E-state index in [2.05, 4.69) is 0 Å². The highest BCUT2D eigenvalue weighted by Gasteiger charge is 2.31. The van der Waals surface area contributed by atoms with E-state index < -0.39 is 34.2 Å². The number of hydrogen-bond acceptors (Lipinski definition) is 3. The lowest BCUT2D eigenvalue weighted by Crippen LogP contribution is -2.37. The van der Waals surface area contributed by atoms with Crippen molar-refractivity contribution in [3.05, 3.63) is 29.8 Å². The lowest BCUT2D eigenvalue weighted by molar-refractivity contribution is -0.137. The normalized spacial score (nSPS) is 12.5. The van der Waals surface area contributed by atoms with E-state index in [1.54, 1.807) is 0 Å². The van der Waals surface area contributed by atoms with Crippen LogP contribution in [0.5, 0.6) is 0 Å². The van der Waals surface area contributed by atoms with Crippen LogP contribution in [0.4, 0.5) is 13.2 Å². The fourth-order valence-electron chi connectivity index (χ4n) is 1.41. The van der Waals surface area contributed by atoms with Crippen molar-refractivity contribution in [3.63, 3.8) is 0 Å². The van der Waals surface area contributed by atoms with Crippen LogP contribution in [-0.4, -0.2) is 51.2 Å². The van der Waals surface area contributed by atoms with Crippen LogP contribution < -0.4 is 0 Å². The Morgan fingerprint density at radius 2 is 1.57 bits per heavy atom. The average Bonchev–Trinajstić information content (AvgIpc) is 2.37. The molecule has 0 spiro atoms. The standard InChI is InChI=1S/C12H15F3N2O3S/c1-16(2)11(18)8-17(3)21(19,20)10-6-4-9(5-7-10)12(13,14)15/h4-7H,8H2,1-3H3. The Labute approximate surface area is 121 Å². The minimum absolute atomic E-state index is 0.301. The van der Waals surface area contributed by atoms with E-state index in [1.165, 1.54) is 26.0 Å². The first-order valence-corrected chi connectivity index (χ1v) is 7.24. The van der Waals surface area contributed by atoms with Crippen molar-refractivity contribution in [2.24, 2.45) is 0 Å². The minimum Gasteiger partial charge on any atom is -0.348 e. The topological polar surface area (TPSA) is 57.7 Å². The van der Waals surface area contributed by atoms with Crippen LogP contribution in [0, 0.1) is 0 Å². The molecule has 0 aliphatic rings. The molecule has 0 radical (unpaired) electrons. The fraction of sp³-hybridized carbons (Fsp3) is 0.417. The summed E-state index contributed by atoms with van der Waals surface area (Å²) in [5.74, 6) is -0.437. The molecule has 0 heterocycles. The third kappa shape index (κ3) is 4.18. The maximum Gasteiger partial charge on any atom is 0.416 e. The Kier molecular flexibility index (Phi) is 5.00. The van der Waals surface area contributed by atoms with Gasteiger partial charge < -0.3 is 4.90 Å². The molecule has 5 nitrogen and oxygen atoms in total. The smallest absolute Gasteiger partial charge is 0.348 e. The van der Waals surface area contributed by atoms with Gasteiger partial charge in [0.25, 0.3) is 0 Å². The Hall–Kier alpha value is -1.61. The van der Waals surface area contributed by atoms with Gasteiger partial charge in [0.05, 0.1) is 17.0 Å². The summed E-state index contributed by atoms with van der Waals surface area (Å²) >= 11 is 0. The summed E-state index contributed by atoms with van der Waals surface area (Å²) in [5, 5.41) is 0. The van der Waals surface area contributed by atoms with Crippen molar-refractivity contribution in [3.8, 4) is 0 Å². The fourth-order valence-corrected chi connectivity index (χ4v) is 2.53. The summed E-state index contributed by atoms with van der Waals surface area (Å²) in [4.78, 5) is 12.4. The van der Waals surface area contributed by atoms with Crippen LogP contribution in [0.2, 0.25) is 0 Å². The number of carbonyl (C=O) groups excluding carboxylic acids is 1. The first kappa shape index (κ1) is 17.4. The number of hydrogen-bond donors (Lipinski definition) is 0. The molecular weight excluding hydrogens is 309 g/mol. The Morgan fingerprint density at radius 1 is 1.10 bits per heavy atom. The van der Waals surface area contributed by atoms with Gasteiger partial charge in [0.1, 0.15) is 0 Å². The minimum atomic E-state index is -4.53. The van der Waals surface area contributed by atoms with E-state index in [1.807, 2.05) is 0 Å². The van der Waals surface area contributed by atoms with Gasteiger partial charge in [0, 0.05) is 21.1 Å². The van der Waals surface area contributed by atoms with Gasteiger partial charge >= 0.3 is 6.18 Å². The molecule has 0 aromatic heterocycles. The summed E-state index contributed by atoms with van der Waals surface area (Å²) in [6, 6.07) is 3.12. The Bertz CT molecular complexity index is 610. The molecule has 0 fully saturated rings. The maximum absolute atomic E-state index is 12.4. The third-order valence-electron chi connectivity index (χ3n) is 2.75. The molecule has 0 saturated heterocycles. The molecular formula is C12H15F3N2O3S. The third-order valence-corrected chi connectivity index (χ3v) is 4.56. The van der Waals surface area contributed by atoms with Crippen LogP contribution in [-0.2, 0) is 21.0 Å². The van der Waals surface area contributed by atoms with Crippen LogP contribution in [0.15, 0.2) is 29.2 Å². The van der Waals surface area contributed by atoms with Crippen LogP contribution in [0.1, 0.15) is 5.56 Å². The number of amides is 1. The van der Waals surface area contributed by atoms with Gasteiger partial charge in [-0.1, -0.05) is 0 Å². The van der Waals surface area contributed by atoms with Gasteiger partial charge in [-0.3, -0.25) is 4.79 Å². The van der Waals surface area contributed by atoms with Gasteiger partial charge in [-0.25, -0.2) is 8.42 Å². The molecule has 0 aliphatic carbocycles. The second-order valence-electron chi connectivity index (χ2n) is 4.57. The van der Waals surface area contributed by atoms with Gasteiger partial charge in [-0.2, -0.15) is 17.5 Å². The zero-order valence-corrected chi connectivity index (χ0v) is 12.5. The monoisotopic (exact) mass is 324 g/mol. The first-order valence-electron chi connectivity index (χ1n) is 5.80. The Morgan fingerprint density at radius 3 is 1.95 bits per heavy atom. The zero-order chi connectivity index (χ0) is 16.4. The highest BCUT2D eigenvalue weighted by Crippen LogP contribution is 2.30. The molecule has 0 unspecified atom stereocenters. The maximum atomic E-state index is 12.4. The number of sulfonamides is 1. The predicted octanol–water partition coefficient (Wildman–Crippen LogP) is 1.41. The van der Waals surface area contributed by atoms with Crippen LogP contribution in [0.25, 0.3) is 0 Å². The summed E-state index contributed by atoms with van der Waals surface area (Å²) in [6.07, 6.45) is -4.53. The van der Waals surface area contributed by atoms with Crippen LogP contribution in [0.3, 0.4) is 0 Å². The predicted molar refractivity (Wildman–Crippen MR) is 70.0 cm³/mol. The molecule has 1 amide bonds. The molecule has 118 valence electrons. The summed E-state index contributed by atoms with van der Waals surface area (Å²) in [5.41, 5.74) is -0.937. The summed E-state index contributed by atoms with van der Waals surface area (Å²) in [7, 11) is 0.124. The quantitative estimate of drug-likeness (QED) is 0.841. The number of halogens is 3. The number of nitrogens with zero attached hydrogens (tertiary/aromatic N) is 2. The Balaban J connectivity index is 3.00. The number of carbonyl (C=O) groups is 1. The van der Waals surface area contributed by atoms with E-state index in [0.29, 0.717) is 12.1 Å². The van der Waals surface area contributed by atoms with E-state index in [-0.39, 0.29) is 4.90 Å². The van der Waals surface area contributed by atoms with Crippen molar-refractivity contribution in [2.45, 2.75) is 11.1 Å².